The van der Waals surface area contributed by atoms with Crippen molar-refractivity contribution in [2.24, 2.45) is 0 Å². The molecule has 0 saturated carbocycles. The summed E-state index contributed by atoms with van der Waals surface area (Å²) >= 11 is 7.30. The smallest absolute Gasteiger partial charge is 0.287 e. The highest BCUT2D eigenvalue weighted by atomic mass is 35.5. The molecule has 0 bridgehead atoms. The molecule has 116 valence electrons. The maximum absolute atomic E-state index is 12.2. The molecule has 0 atom stereocenters. The fourth-order valence-corrected chi connectivity index (χ4v) is 2.90. The fourth-order valence-electron chi connectivity index (χ4n) is 1.80. The van der Waals surface area contributed by atoms with Crippen LogP contribution < -0.4 is 5.32 Å². The van der Waals surface area contributed by atoms with Crippen molar-refractivity contribution in [3.63, 3.8) is 0 Å². The van der Waals surface area contributed by atoms with Gasteiger partial charge < -0.3 is 14.6 Å². The molecule has 2 rings (SSSR count). The van der Waals surface area contributed by atoms with Crippen LogP contribution in [0.15, 0.2) is 47.6 Å². The highest BCUT2D eigenvalue weighted by Crippen LogP contribution is 2.22. The highest BCUT2D eigenvalue weighted by molar-refractivity contribution is 7.16. The molecule has 0 spiro atoms. The maximum Gasteiger partial charge on any atom is 0.287 e. The summed E-state index contributed by atoms with van der Waals surface area (Å²) in [4.78, 5) is 26.5. The number of rotatable bonds is 7. The standard InChI is InChI=1S/C15H15ClN2O3S/c1-2-7-18(10-11-5-6-13(16)22-11)14(19)9-17-15(20)12-4-3-8-21-12/h2-6,8H,1,7,9-10H2,(H,17,20). The summed E-state index contributed by atoms with van der Waals surface area (Å²) in [7, 11) is 0. The molecule has 0 fully saturated rings. The van der Waals surface area contributed by atoms with Gasteiger partial charge in [-0.3, -0.25) is 9.59 Å². The number of hydrogen-bond acceptors (Lipinski definition) is 4. The van der Waals surface area contributed by atoms with Gasteiger partial charge in [-0.2, -0.15) is 0 Å². The molecule has 1 N–H and O–H groups in total. The van der Waals surface area contributed by atoms with Gasteiger partial charge in [-0.25, -0.2) is 0 Å². The molecule has 0 radical (unpaired) electrons. The van der Waals surface area contributed by atoms with Gasteiger partial charge in [0.2, 0.25) is 5.91 Å². The zero-order valence-corrected chi connectivity index (χ0v) is 13.3. The van der Waals surface area contributed by atoms with Crippen molar-refractivity contribution in [3.05, 3.63) is 58.2 Å². The summed E-state index contributed by atoms with van der Waals surface area (Å²) in [6.07, 6.45) is 3.04. The second-order valence-corrected chi connectivity index (χ2v) is 6.23. The minimum atomic E-state index is -0.420. The Bertz CT molecular complexity index is 652. The molecule has 2 aromatic heterocycles. The number of nitrogens with zero attached hydrogens (tertiary/aromatic N) is 1. The number of furan rings is 1. The van der Waals surface area contributed by atoms with Crippen LogP contribution in [-0.4, -0.2) is 29.8 Å². The first-order valence-electron chi connectivity index (χ1n) is 6.54. The summed E-state index contributed by atoms with van der Waals surface area (Å²) in [6, 6.07) is 6.81. The van der Waals surface area contributed by atoms with E-state index in [0.29, 0.717) is 17.4 Å². The zero-order valence-electron chi connectivity index (χ0n) is 11.8. The molecule has 2 heterocycles. The lowest BCUT2D eigenvalue weighted by Crippen LogP contribution is -2.39. The Morgan fingerprint density at radius 2 is 2.23 bits per heavy atom. The van der Waals surface area contributed by atoms with E-state index in [4.69, 9.17) is 16.0 Å². The SMILES string of the molecule is C=CCN(Cc1ccc(Cl)s1)C(=O)CNC(=O)c1ccco1. The van der Waals surface area contributed by atoms with E-state index in [-0.39, 0.29) is 18.2 Å². The molecule has 22 heavy (non-hydrogen) atoms. The Labute approximate surface area is 137 Å². The number of hydrogen-bond donors (Lipinski definition) is 1. The monoisotopic (exact) mass is 338 g/mol. The Morgan fingerprint density at radius 1 is 1.41 bits per heavy atom. The molecular weight excluding hydrogens is 324 g/mol. The van der Waals surface area contributed by atoms with Crippen LogP contribution in [0.5, 0.6) is 0 Å². The van der Waals surface area contributed by atoms with Crippen molar-refractivity contribution < 1.29 is 14.0 Å². The van der Waals surface area contributed by atoms with Gasteiger partial charge in [0.25, 0.3) is 5.91 Å². The lowest BCUT2D eigenvalue weighted by molar-refractivity contribution is -0.130. The van der Waals surface area contributed by atoms with Crippen molar-refractivity contribution >= 4 is 34.8 Å². The van der Waals surface area contributed by atoms with Gasteiger partial charge in [-0.1, -0.05) is 17.7 Å². The van der Waals surface area contributed by atoms with Crippen molar-refractivity contribution in [3.8, 4) is 0 Å². The first-order valence-corrected chi connectivity index (χ1v) is 7.74. The number of nitrogens with one attached hydrogen (secondary N) is 1. The van der Waals surface area contributed by atoms with Crippen LogP contribution in [0.1, 0.15) is 15.4 Å². The molecule has 0 aliphatic heterocycles. The third kappa shape index (κ3) is 4.47. The van der Waals surface area contributed by atoms with E-state index in [2.05, 4.69) is 11.9 Å². The third-order valence-corrected chi connectivity index (χ3v) is 4.04. The summed E-state index contributed by atoms with van der Waals surface area (Å²) in [5, 5.41) is 2.53. The normalized spacial score (nSPS) is 10.2. The van der Waals surface area contributed by atoms with E-state index in [1.807, 2.05) is 6.07 Å². The minimum Gasteiger partial charge on any atom is -0.459 e. The second kappa shape index (κ2) is 7.82. The van der Waals surface area contributed by atoms with Crippen LogP contribution in [0.3, 0.4) is 0 Å². The Kier molecular flexibility index (Phi) is 5.80. The molecule has 0 aromatic carbocycles. The molecule has 2 aromatic rings. The Balaban J connectivity index is 1.91. The van der Waals surface area contributed by atoms with E-state index in [1.165, 1.54) is 23.7 Å². The fraction of sp³-hybridized carbons (Fsp3) is 0.200. The number of carbonyl (C=O) groups excluding carboxylic acids is 2. The van der Waals surface area contributed by atoms with Gasteiger partial charge >= 0.3 is 0 Å². The number of carbonyl (C=O) groups is 2. The van der Waals surface area contributed by atoms with Gasteiger partial charge in [-0.15, -0.1) is 17.9 Å². The molecule has 0 aliphatic rings. The number of thiophene rings is 1. The van der Waals surface area contributed by atoms with Crippen LogP contribution in [0, 0.1) is 0 Å². The van der Waals surface area contributed by atoms with E-state index in [9.17, 15) is 9.59 Å². The summed E-state index contributed by atoms with van der Waals surface area (Å²) in [5.41, 5.74) is 0. The van der Waals surface area contributed by atoms with Crippen LogP contribution >= 0.6 is 22.9 Å². The van der Waals surface area contributed by atoms with Gasteiger partial charge in [0.15, 0.2) is 5.76 Å². The van der Waals surface area contributed by atoms with E-state index in [0.717, 1.165) is 4.88 Å². The first kappa shape index (κ1) is 16.3. The number of halogens is 1. The largest absolute Gasteiger partial charge is 0.459 e. The Morgan fingerprint density at radius 3 is 2.82 bits per heavy atom. The molecule has 5 nitrogen and oxygen atoms in total. The van der Waals surface area contributed by atoms with E-state index < -0.39 is 5.91 Å². The number of amides is 2. The predicted octanol–water partition coefficient (Wildman–Crippen LogP) is 2.94. The minimum absolute atomic E-state index is 0.105. The lowest BCUT2D eigenvalue weighted by Gasteiger charge is -2.20. The first-order chi connectivity index (χ1) is 10.6. The summed E-state index contributed by atoms with van der Waals surface area (Å²) in [5.74, 6) is -0.450. The second-order valence-electron chi connectivity index (χ2n) is 4.43. The van der Waals surface area contributed by atoms with Crippen LogP contribution in [0.2, 0.25) is 4.34 Å². The van der Waals surface area contributed by atoms with Gasteiger partial charge in [-0.05, 0) is 24.3 Å². The van der Waals surface area contributed by atoms with E-state index in [1.54, 1.807) is 23.1 Å². The van der Waals surface area contributed by atoms with Crippen molar-refractivity contribution in [2.75, 3.05) is 13.1 Å². The quantitative estimate of drug-likeness (QED) is 0.789. The lowest BCUT2D eigenvalue weighted by atomic mass is 10.3. The zero-order chi connectivity index (χ0) is 15.9. The van der Waals surface area contributed by atoms with Gasteiger partial charge in [0.05, 0.1) is 23.7 Å². The molecule has 2 amide bonds. The molecule has 0 aliphatic carbocycles. The molecule has 7 heteroatoms. The van der Waals surface area contributed by atoms with Gasteiger partial charge in [0.1, 0.15) is 0 Å². The summed E-state index contributed by atoms with van der Waals surface area (Å²) in [6.45, 7) is 4.37. The van der Waals surface area contributed by atoms with Crippen LogP contribution in [0.4, 0.5) is 0 Å². The van der Waals surface area contributed by atoms with Crippen molar-refractivity contribution in [1.29, 1.82) is 0 Å². The van der Waals surface area contributed by atoms with Crippen molar-refractivity contribution in [2.45, 2.75) is 6.54 Å². The average molecular weight is 339 g/mol. The van der Waals surface area contributed by atoms with Crippen LogP contribution in [0.25, 0.3) is 0 Å². The predicted molar refractivity (Wildman–Crippen MR) is 86.0 cm³/mol. The molecule has 0 saturated heterocycles. The highest BCUT2D eigenvalue weighted by Gasteiger charge is 2.16. The summed E-state index contributed by atoms with van der Waals surface area (Å²) < 4.78 is 5.64. The molecule has 0 unspecified atom stereocenters. The molecular formula is C15H15ClN2O3S. The average Bonchev–Trinajstić information content (AvgIpc) is 3.15. The van der Waals surface area contributed by atoms with Crippen LogP contribution in [-0.2, 0) is 11.3 Å². The third-order valence-electron chi connectivity index (χ3n) is 2.82. The maximum atomic E-state index is 12.2. The van der Waals surface area contributed by atoms with Gasteiger partial charge in [0, 0.05) is 11.4 Å². The topological polar surface area (TPSA) is 62.6 Å². The van der Waals surface area contributed by atoms with Crippen molar-refractivity contribution in [1.82, 2.24) is 10.2 Å². The Hall–Kier alpha value is -2.05. The van der Waals surface area contributed by atoms with E-state index >= 15 is 0 Å².